The summed E-state index contributed by atoms with van der Waals surface area (Å²) in [5.74, 6) is -2.61. The predicted molar refractivity (Wildman–Crippen MR) is 40.7 cm³/mol. The highest BCUT2D eigenvalue weighted by Crippen LogP contribution is 2.16. The number of hydrogen-bond acceptors (Lipinski definition) is 6. The van der Waals surface area contributed by atoms with E-state index in [-0.39, 0.29) is 6.42 Å². The van der Waals surface area contributed by atoms with Crippen LogP contribution in [0.1, 0.15) is 13.3 Å². The van der Waals surface area contributed by atoms with Crippen molar-refractivity contribution >= 4 is 12.3 Å². The smallest absolute Gasteiger partial charge is 0.437 e. The van der Waals surface area contributed by atoms with Gasteiger partial charge in [-0.3, -0.25) is 0 Å². The molecular formula is C7H11O7. The molecule has 0 rings (SSSR count). The molecule has 0 amide bonds. The molecule has 0 heterocycles. The van der Waals surface area contributed by atoms with Gasteiger partial charge in [-0.25, -0.2) is 9.59 Å². The maximum atomic E-state index is 11.4. The molecule has 0 aliphatic heterocycles. The molecule has 0 aromatic rings. The van der Waals surface area contributed by atoms with Crippen molar-refractivity contribution in [3.63, 3.8) is 0 Å². The normalized spacial score (nSPS) is 10.3. The van der Waals surface area contributed by atoms with Crippen LogP contribution in [0.4, 0.5) is 9.59 Å². The Morgan fingerprint density at radius 2 is 1.43 bits per heavy atom. The fraction of sp³-hybridized carbons (Fsp3) is 0.714. The van der Waals surface area contributed by atoms with E-state index in [2.05, 4.69) is 18.9 Å². The van der Waals surface area contributed by atoms with Crippen LogP contribution >= 0.6 is 0 Å². The van der Waals surface area contributed by atoms with Crippen molar-refractivity contribution in [3.05, 3.63) is 0 Å². The van der Waals surface area contributed by atoms with Crippen molar-refractivity contribution in [1.82, 2.24) is 0 Å². The highest BCUT2D eigenvalue weighted by Gasteiger charge is 2.38. The molecule has 0 aromatic carbocycles. The highest BCUT2D eigenvalue weighted by atomic mass is 16.9. The van der Waals surface area contributed by atoms with Crippen molar-refractivity contribution < 1.29 is 33.6 Å². The van der Waals surface area contributed by atoms with Crippen LogP contribution in [0.15, 0.2) is 0 Å². The fourth-order valence-electron chi connectivity index (χ4n) is 0.502. The Bertz CT molecular complexity index is 194. The molecule has 0 saturated carbocycles. The molecule has 0 aliphatic rings. The number of methoxy groups -OCH3 is 2. The molecule has 0 unspecified atom stereocenters. The molecule has 0 N–H and O–H groups in total. The highest BCUT2D eigenvalue weighted by molar-refractivity contribution is 5.62. The summed E-state index contributed by atoms with van der Waals surface area (Å²) < 4.78 is 16.5. The van der Waals surface area contributed by atoms with E-state index in [1.807, 2.05) is 0 Å². The van der Waals surface area contributed by atoms with Crippen LogP contribution in [0.5, 0.6) is 0 Å². The van der Waals surface area contributed by atoms with Crippen LogP contribution in [-0.4, -0.2) is 32.5 Å². The summed E-state index contributed by atoms with van der Waals surface area (Å²) >= 11 is 0. The molecule has 0 atom stereocenters. The molecular weight excluding hydrogens is 196 g/mol. The Morgan fingerprint density at radius 3 is 1.64 bits per heavy atom. The van der Waals surface area contributed by atoms with E-state index in [1.54, 1.807) is 0 Å². The lowest BCUT2D eigenvalue weighted by Crippen LogP contribution is -2.38. The number of ether oxygens (including phenoxy) is 4. The van der Waals surface area contributed by atoms with E-state index in [9.17, 15) is 14.7 Å². The minimum atomic E-state index is -2.61. The average Bonchev–Trinajstić information content (AvgIpc) is 2.17. The van der Waals surface area contributed by atoms with Crippen LogP contribution in [0, 0.1) is 0 Å². The minimum absolute atomic E-state index is 0.267. The molecule has 7 nitrogen and oxygen atoms in total. The van der Waals surface area contributed by atoms with Gasteiger partial charge < -0.3 is 18.9 Å². The Morgan fingerprint density at radius 1 is 1.07 bits per heavy atom. The van der Waals surface area contributed by atoms with Crippen LogP contribution in [0.2, 0.25) is 0 Å². The predicted octanol–water partition coefficient (Wildman–Crippen LogP) is 1.05. The van der Waals surface area contributed by atoms with Crippen LogP contribution in [-0.2, 0) is 24.1 Å². The first-order chi connectivity index (χ1) is 6.47. The summed E-state index contributed by atoms with van der Waals surface area (Å²) in [5.41, 5.74) is 0. The summed E-state index contributed by atoms with van der Waals surface area (Å²) in [5, 5.41) is 11.4. The van der Waals surface area contributed by atoms with Gasteiger partial charge in [-0.1, -0.05) is 6.92 Å². The number of carbonyl (C=O) groups is 2. The third kappa shape index (κ3) is 3.94. The van der Waals surface area contributed by atoms with Gasteiger partial charge in [0.2, 0.25) is 0 Å². The van der Waals surface area contributed by atoms with Gasteiger partial charge in [0.25, 0.3) is 0 Å². The van der Waals surface area contributed by atoms with Gasteiger partial charge in [-0.15, -0.1) is 5.11 Å². The van der Waals surface area contributed by atoms with Gasteiger partial charge in [0, 0.05) is 0 Å². The first kappa shape index (κ1) is 12.5. The van der Waals surface area contributed by atoms with Crippen LogP contribution in [0.25, 0.3) is 0 Å². The topological polar surface area (TPSA) is 91.0 Å². The summed E-state index contributed by atoms with van der Waals surface area (Å²) in [7, 11) is 2.05. The second-order valence-electron chi connectivity index (χ2n) is 2.15. The first-order valence-electron chi connectivity index (χ1n) is 3.71. The third-order valence-electron chi connectivity index (χ3n) is 1.24. The standard InChI is InChI=1S/C7H11O7/c1-4-7(10,13-5(8)11-2)14-6(9)12-3/h4H2,1-3H3. The number of hydrogen-bond donors (Lipinski definition) is 0. The molecule has 7 heteroatoms. The van der Waals surface area contributed by atoms with Crippen molar-refractivity contribution in [3.8, 4) is 0 Å². The lowest BCUT2D eigenvalue weighted by atomic mass is 10.4. The van der Waals surface area contributed by atoms with Gasteiger partial charge in [0.15, 0.2) is 0 Å². The second kappa shape index (κ2) is 5.28. The Kier molecular flexibility index (Phi) is 4.71. The molecule has 0 fully saturated rings. The monoisotopic (exact) mass is 207 g/mol. The van der Waals surface area contributed by atoms with E-state index >= 15 is 0 Å². The zero-order valence-corrected chi connectivity index (χ0v) is 8.06. The van der Waals surface area contributed by atoms with Gasteiger partial charge in [0.05, 0.1) is 20.6 Å². The van der Waals surface area contributed by atoms with E-state index in [0.717, 1.165) is 14.2 Å². The van der Waals surface area contributed by atoms with Gasteiger partial charge in [-0.05, 0) is 0 Å². The molecule has 0 spiro atoms. The van der Waals surface area contributed by atoms with Crippen molar-refractivity contribution in [2.75, 3.05) is 14.2 Å². The molecule has 81 valence electrons. The Labute approximate surface area is 80.5 Å². The average molecular weight is 207 g/mol. The largest absolute Gasteiger partial charge is 0.513 e. The Hall–Kier alpha value is -1.50. The van der Waals surface area contributed by atoms with Crippen molar-refractivity contribution in [2.24, 2.45) is 0 Å². The second-order valence-corrected chi connectivity index (χ2v) is 2.15. The fourth-order valence-corrected chi connectivity index (χ4v) is 0.502. The molecule has 0 aliphatic carbocycles. The van der Waals surface area contributed by atoms with Crippen molar-refractivity contribution in [2.45, 2.75) is 19.3 Å². The molecule has 0 bridgehead atoms. The van der Waals surface area contributed by atoms with E-state index in [0.29, 0.717) is 0 Å². The van der Waals surface area contributed by atoms with Crippen LogP contribution < -0.4 is 0 Å². The lowest BCUT2D eigenvalue weighted by Gasteiger charge is -2.21. The molecule has 0 aromatic heterocycles. The number of carbonyl (C=O) groups excluding carboxylic acids is 2. The van der Waals surface area contributed by atoms with Gasteiger partial charge in [-0.2, -0.15) is 0 Å². The van der Waals surface area contributed by atoms with Gasteiger partial charge >= 0.3 is 18.3 Å². The maximum Gasteiger partial charge on any atom is 0.513 e. The van der Waals surface area contributed by atoms with E-state index in [4.69, 9.17) is 0 Å². The lowest BCUT2D eigenvalue weighted by molar-refractivity contribution is -0.346. The summed E-state index contributed by atoms with van der Waals surface area (Å²) in [6.45, 7) is 1.37. The Balaban J connectivity index is 4.31. The summed E-state index contributed by atoms with van der Waals surface area (Å²) in [4.78, 5) is 21.2. The third-order valence-corrected chi connectivity index (χ3v) is 1.24. The summed E-state index contributed by atoms with van der Waals surface area (Å²) in [6, 6.07) is 0. The molecule has 14 heavy (non-hydrogen) atoms. The first-order valence-corrected chi connectivity index (χ1v) is 3.71. The van der Waals surface area contributed by atoms with Crippen molar-refractivity contribution in [1.29, 1.82) is 0 Å². The van der Waals surface area contributed by atoms with E-state index in [1.165, 1.54) is 6.92 Å². The quantitative estimate of drug-likeness (QED) is 0.507. The minimum Gasteiger partial charge on any atom is -0.437 e. The number of rotatable bonds is 3. The zero-order chi connectivity index (χ0) is 11.2. The van der Waals surface area contributed by atoms with Crippen LogP contribution in [0.3, 0.4) is 0 Å². The molecule has 1 radical (unpaired) electrons. The zero-order valence-electron chi connectivity index (χ0n) is 8.06. The molecule has 0 saturated heterocycles. The van der Waals surface area contributed by atoms with E-state index < -0.39 is 18.3 Å². The summed E-state index contributed by atoms with van der Waals surface area (Å²) in [6.07, 6.45) is -2.73. The maximum absolute atomic E-state index is 11.4. The van der Waals surface area contributed by atoms with Gasteiger partial charge in [0.1, 0.15) is 0 Å². The SMILES string of the molecule is CCC([O])(OC(=O)OC)OC(=O)OC.